The van der Waals surface area contributed by atoms with Gasteiger partial charge in [-0.25, -0.2) is 0 Å². The normalized spacial score (nSPS) is 11.9. The minimum absolute atomic E-state index is 0.135. The van der Waals surface area contributed by atoms with Crippen molar-refractivity contribution in [2.45, 2.75) is 6.92 Å². The molecule has 3 N–H and O–H groups in total. The Bertz CT molecular complexity index is 341. The second kappa shape index (κ2) is 5.31. The number of carbonyl (C=O) groups excluding carboxylic acids is 1. The Morgan fingerprint density at radius 3 is 3.07 bits per heavy atom. The minimum Gasteiger partial charge on any atom is -0.494 e. The van der Waals surface area contributed by atoms with Crippen LogP contribution in [0.2, 0.25) is 0 Å². The van der Waals surface area contributed by atoms with E-state index >= 15 is 0 Å². The van der Waals surface area contributed by atoms with E-state index in [9.17, 15) is 4.79 Å². The molecule has 1 aromatic heterocycles. The summed E-state index contributed by atoms with van der Waals surface area (Å²) in [6.45, 7) is 2.08. The van der Waals surface area contributed by atoms with Gasteiger partial charge in [0.15, 0.2) is 0 Å². The lowest BCUT2D eigenvalue weighted by Gasteiger charge is -2.12. The van der Waals surface area contributed by atoms with E-state index in [1.165, 1.54) is 7.11 Å². The fourth-order valence-corrected chi connectivity index (χ4v) is 1.02. The second-order valence-corrected chi connectivity index (χ2v) is 3.20. The Balaban J connectivity index is 2.76. The van der Waals surface area contributed by atoms with E-state index < -0.39 is 0 Å². The number of amides is 1. The molecule has 0 saturated carbocycles. The zero-order valence-electron chi connectivity index (χ0n) is 8.86. The number of anilines is 1. The number of pyridine rings is 1. The molecule has 0 aliphatic heterocycles. The van der Waals surface area contributed by atoms with Crippen molar-refractivity contribution in [1.29, 1.82) is 0 Å². The zero-order valence-corrected chi connectivity index (χ0v) is 8.86. The van der Waals surface area contributed by atoms with Crippen molar-refractivity contribution < 1.29 is 9.53 Å². The van der Waals surface area contributed by atoms with Gasteiger partial charge in [-0.2, -0.15) is 0 Å². The van der Waals surface area contributed by atoms with Crippen molar-refractivity contribution in [3.8, 4) is 5.75 Å². The Labute approximate surface area is 88.6 Å². The van der Waals surface area contributed by atoms with E-state index in [-0.39, 0.29) is 11.8 Å². The van der Waals surface area contributed by atoms with Crippen LogP contribution in [0.1, 0.15) is 6.92 Å². The van der Waals surface area contributed by atoms with Crippen LogP contribution in [-0.4, -0.2) is 24.5 Å². The predicted molar refractivity (Wildman–Crippen MR) is 57.6 cm³/mol. The number of ether oxygens (including phenoxy) is 1. The maximum atomic E-state index is 11.5. The molecule has 1 rings (SSSR count). The van der Waals surface area contributed by atoms with Crippen molar-refractivity contribution >= 4 is 11.6 Å². The van der Waals surface area contributed by atoms with Gasteiger partial charge in [0.25, 0.3) is 0 Å². The standard InChI is InChI=1S/C10H15N3O2/c1-7(5-11)10(14)13-8-6-12-4-3-9(8)15-2/h3-4,6-7H,5,11H2,1-2H3,(H,13,14). The molecule has 82 valence electrons. The van der Waals surface area contributed by atoms with Crippen molar-refractivity contribution in [1.82, 2.24) is 4.98 Å². The van der Waals surface area contributed by atoms with Crippen LogP contribution in [0, 0.1) is 5.92 Å². The Morgan fingerprint density at radius 2 is 2.47 bits per heavy atom. The summed E-state index contributed by atoms with van der Waals surface area (Å²) >= 11 is 0. The van der Waals surface area contributed by atoms with Gasteiger partial charge in [-0.05, 0) is 0 Å². The average Bonchev–Trinajstić information content (AvgIpc) is 2.28. The smallest absolute Gasteiger partial charge is 0.228 e. The average molecular weight is 209 g/mol. The zero-order chi connectivity index (χ0) is 11.3. The summed E-state index contributed by atoms with van der Waals surface area (Å²) in [5.74, 6) is 0.223. The van der Waals surface area contributed by atoms with Crippen LogP contribution in [0.25, 0.3) is 0 Å². The highest BCUT2D eigenvalue weighted by atomic mass is 16.5. The molecular formula is C10H15N3O2. The molecule has 1 amide bonds. The SMILES string of the molecule is COc1ccncc1NC(=O)C(C)CN. The van der Waals surface area contributed by atoms with Crippen LogP contribution in [0.5, 0.6) is 5.75 Å². The molecule has 0 fully saturated rings. The van der Waals surface area contributed by atoms with Crippen LogP contribution in [0.4, 0.5) is 5.69 Å². The molecule has 1 aromatic rings. The van der Waals surface area contributed by atoms with Crippen LogP contribution >= 0.6 is 0 Å². The van der Waals surface area contributed by atoms with E-state index in [1.807, 2.05) is 0 Å². The van der Waals surface area contributed by atoms with E-state index in [2.05, 4.69) is 10.3 Å². The number of nitrogens with zero attached hydrogens (tertiary/aromatic N) is 1. The first-order chi connectivity index (χ1) is 7.19. The summed E-state index contributed by atoms with van der Waals surface area (Å²) in [5, 5.41) is 2.71. The van der Waals surface area contributed by atoms with E-state index in [1.54, 1.807) is 25.4 Å². The van der Waals surface area contributed by atoms with Gasteiger partial charge in [-0.15, -0.1) is 0 Å². The molecule has 0 aromatic carbocycles. The number of nitrogens with two attached hydrogens (primary N) is 1. The lowest BCUT2D eigenvalue weighted by molar-refractivity contribution is -0.119. The number of aromatic nitrogens is 1. The molecular weight excluding hydrogens is 194 g/mol. The monoisotopic (exact) mass is 209 g/mol. The molecule has 1 heterocycles. The number of carbonyl (C=O) groups is 1. The first-order valence-electron chi connectivity index (χ1n) is 4.68. The van der Waals surface area contributed by atoms with Crippen molar-refractivity contribution in [2.24, 2.45) is 11.7 Å². The van der Waals surface area contributed by atoms with Crippen LogP contribution in [0.15, 0.2) is 18.5 Å². The molecule has 0 aliphatic rings. The second-order valence-electron chi connectivity index (χ2n) is 3.20. The van der Waals surface area contributed by atoms with Gasteiger partial charge in [-0.3, -0.25) is 9.78 Å². The summed E-state index contributed by atoms with van der Waals surface area (Å²) in [4.78, 5) is 15.4. The molecule has 15 heavy (non-hydrogen) atoms. The van der Waals surface area contributed by atoms with Crippen LogP contribution < -0.4 is 15.8 Å². The maximum absolute atomic E-state index is 11.5. The van der Waals surface area contributed by atoms with Gasteiger partial charge in [0.2, 0.25) is 5.91 Å². The summed E-state index contributed by atoms with van der Waals surface area (Å²) in [6, 6.07) is 1.68. The lowest BCUT2D eigenvalue weighted by Crippen LogP contribution is -2.26. The third kappa shape index (κ3) is 2.92. The summed E-state index contributed by atoms with van der Waals surface area (Å²) in [6.07, 6.45) is 3.14. The van der Waals surface area contributed by atoms with Crippen LogP contribution in [-0.2, 0) is 4.79 Å². The Morgan fingerprint density at radius 1 is 1.73 bits per heavy atom. The third-order valence-electron chi connectivity index (χ3n) is 2.06. The van der Waals surface area contributed by atoms with E-state index in [0.29, 0.717) is 18.0 Å². The number of hydrogen-bond donors (Lipinski definition) is 2. The summed E-state index contributed by atoms with van der Waals surface area (Å²) in [7, 11) is 1.54. The first-order valence-corrected chi connectivity index (χ1v) is 4.68. The molecule has 0 radical (unpaired) electrons. The third-order valence-corrected chi connectivity index (χ3v) is 2.06. The van der Waals surface area contributed by atoms with Gasteiger partial charge in [0, 0.05) is 24.7 Å². The van der Waals surface area contributed by atoms with Crippen LogP contribution in [0.3, 0.4) is 0 Å². The van der Waals surface area contributed by atoms with Gasteiger partial charge in [-0.1, -0.05) is 6.92 Å². The number of hydrogen-bond acceptors (Lipinski definition) is 4. The van der Waals surface area contributed by atoms with Gasteiger partial charge in [0.05, 0.1) is 13.3 Å². The number of rotatable bonds is 4. The van der Waals surface area contributed by atoms with Gasteiger partial charge < -0.3 is 15.8 Å². The highest BCUT2D eigenvalue weighted by Gasteiger charge is 2.12. The molecule has 0 aliphatic carbocycles. The van der Waals surface area contributed by atoms with Crippen molar-refractivity contribution in [2.75, 3.05) is 19.0 Å². The van der Waals surface area contributed by atoms with Gasteiger partial charge in [0.1, 0.15) is 11.4 Å². The van der Waals surface area contributed by atoms with E-state index in [4.69, 9.17) is 10.5 Å². The lowest BCUT2D eigenvalue weighted by atomic mass is 10.1. The fraction of sp³-hybridized carbons (Fsp3) is 0.400. The molecule has 0 saturated heterocycles. The van der Waals surface area contributed by atoms with E-state index in [0.717, 1.165) is 0 Å². The first kappa shape index (κ1) is 11.5. The molecule has 1 atom stereocenters. The summed E-state index contributed by atoms with van der Waals surface area (Å²) in [5.41, 5.74) is 5.95. The highest BCUT2D eigenvalue weighted by molar-refractivity contribution is 5.93. The number of nitrogens with one attached hydrogen (secondary N) is 1. The molecule has 5 nitrogen and oxygen atoms in total. The molecule has 1 unspecified atom stereocenters. The van der Waals surface area contributed by atoms with Crippen molar-refractivity contribution in [3.63, 3.8) is 0 Å². The quantitative estimate of drug-likeness (QED) is 0.762. The summed E-state index contributed by atoms with van der Waals surface area (Å²) < 4.78 is 5.07. The molecule has 5 heteroatoms. The highest BCUT2D eigenvalue weighted by Crippen LogP contribution is 2.21. The molecule has 0 bridgehead atoms. The molecule has 0 spiro atoms. The topological polar surface area (TPSA) is 77.2 Å². The number of methoxy groups -OCH3 is 1. The van der Waals surface area contributed by atoms with Gasteiger partial charge >= 0.3 is 0 Å². The Hall–Kier alpha value is -1.62. The maximum Gasteiger partial charge on any atom is 0.228 e. The largest absolute Gasteiger partial charge is 0.494 e. The predicted octanol–water partition coefficient (Wildman–Crippen LogP) is 0.624. The Kier molecular flexibility index (Phi) is 4.05. The minimum atomic E-state index is -0.227. The fourth-order valence-electron chi connectivity index (χ4n) is 1.02. The van der Waals surface area contributed by atoms with Crippen molar-refractivity contribution in [3.05, 3.63) is 18.5 Å².